The van der Waals surface area contributed by atoms with Gasteiger partial charge in [0.15, 0.2) is 0 Å². The van der Waals surface area contributed by atoms with E-state index in [4.69, 9.17) is 4.74 Å². The Bertz CT molecular complexity index is 1700. The Morgan fingerprint density at radius 2 is 1.25 bits per heavy atom. The third-order valence-corrected chi connectivity index (χ3v) is 8.02. The first-order chi connectivity index (χ1) is 21.1. The van der Waals surface area contributed by atoms with E-state index >= 15 is 0 Å². The lowest BCUT2D eigenvalue weighted by molar-refractivity contribution is 0.0383. The monoisotopic (exact) mass is 624 g/mol. The van der Waals surface area contributed by atoms with Crippen LogP contribution in [0, 0.1) is 5.82 Å². The van der Waals surface area contributed by atoms with E-state index in [-0.39, 0.29) is 22.2 Å². The molecule has 4 amide bonds. The number of carbonyl (C=O) groups excluding carboxylic acids is 4. The number of aryl methyl sites for hydroxylation is 3. The van der Waals surface area contributed by atoms with Gasteiger partial charge in [-0.25, -0.2) is 4.39 Å². The molecule has 1 aliphatic heterocycles. The Hall–Kier alpha value is -4.73. The van der Waals surface area contributed by atoms with E-state index in [1.807, 2.05) is 0 Å². The van der Waals surface area contributed by atoms with Crippen LogP contribution in [0.4, 0.5) is 21.5 Å². The number of morpholine rings is 1. The second-order valence-corrected chi connectivity index (χ2v) is 11.3. The number of carbonyl (C=O) groups is 4. The molecular weight excluding hydrogens is 591 g/mol. The molecule has 4 N–H and O–H groups in total. The summed E-state index contributed by atoms with van der Waals surface area (Å²) in [6.45, 7) is 4.30. The van der Waals surface area contributed by atoms with E-state index in [0.717, 1.165) is 31.0 Å². The van der Waals surface area contributed by atoms with Crippen LogP contribution in [-0.4, -0.2) is 81.6 Å². The molecule has 0 unspecified atom stereocenters. The summed E-state index contributed by atoms with van der Waals surface area (Å²) in [6, 6.07) is 5.82. The minimum absolute atomic E-state index is 0.0515. The van der Waals surface area contributed by atoms with Gasteiger partial charge in [-0.2, -0.15) is 0 Å². The van der Waals surface area contributed by atoms with E-state index in [2.05, 4.69) is 26.2 Å². The van der Waals surface area contributed by atoms with Crippen molar-refractivity contribution in [3.05, 3.63) is 76.0 Å². The fourth-order valence-electron chi connectivity index (χ4n) is 4.85. The molecule has 0 saturated carbocycles. The van der Waals surface area contributed by atoms with Crippen molar-refractivity contribution in [2.75, 3.05) is 55.3 Å². The summed E-state index contributed by atoms with van der Waals surface area (Å²) in [6.07, 6.45) is 4.79. The minimum Gasteiger partial charge on any atom is -0.379 e. The van der Waals surface area contributed by atoms with E-state index < -0.39 is 23.5 Å². The molecule has 0 aromatic carbocycles. The summed E-state index contributed by atoms with van der Waals surface area (Å²) >= 11 is 0.981. The molecule has 5 rings (SSSR count). The summed E-state index contributed by atoms with van der Waals surface area (Å²) in [7, 11) is 5.03. The zero-order chi connectivity index (χ0) is 31.4. The highest BCUT2D eigenvalue weighted by molar-refractivity contribution is 7.12. The van der Waals surface area contributed by atoms with Crippen LogP contribution in [0.15, 0.2) is 48.2 Å². The summed E-state index contributed by atoms with van der Waals surface area (Å²) in [4.78, 5) is 53.3. The largest absolute Gasteiger partial charge is 0.379 e. The van der Waals surface area contributed by atoms with E-state index in [9.17, 15) is 23.6 Å². The van der Waals surface area contributed by atoms with Gasteiger partial charge in [-0.15, -0.1) is 11.3 Å². The van der Waals surface area contributed by atoms with Crippen molar-refractivity contribution in [3.8, 4) is 0 Å². The van der Waals surface area contributed by atoms with Crippen LogP contribution in [-0.2, 0) is 25.9 Å². The zero-order valence-electron chi connectivity index (χ0n) is 24.5. The molecule has 13 nitrogen and oxygen atoms in total. The first kappa shape index (κ1) is 30.7. The van der Waals surface area contributed by atoms with Gasteiger partial charge < -0.3 is 39.7 Å². The molecule has 232 valence electrons. The Morgan fingerprint density at radius 1 is 0.773 bits per heavy atom. The SMILES string of the molecule is Cn1cc(NC(=O)c2cc(NC(=O)c3cc(NC(=O)c4sccc4F)cn3C)cn2C)cc1C(=O)NCCN1CCOCC1. The summed E-state index contributed by atoms with van der Waals surface area (Å²) in [5.74, 6) is -2.36. The maximum absolute atomic E-state index is 13.7. The van der Waals surface area contributed by atoms with E-state index in [1.54, 1.807) is 54.9 Å². The predicted octanol–water partition coefficient (Wildman–Crippen LogP) is 2.72. The number of nitrogens with one attached hydrogen (secondary N) is 4. The molecular formula is C29H33FN8O5S. The lowest BCUT2D eigenvalue weighted by Crippen LogP contribution is -2.41. The Kier molecular flexibility index (Phi) is 9.27. The molecule has 5 heterocycles. The summed E-state index contributed by atoms with van der Waals surface area (Å²) < 4.78 is 23.8. The van der Waals surface area contributed by atoms with Crippen LogP contribution in [0.5, 0.6) is 0 Å². The molecule has 1 saturated heterocycles. The van der Waals surface area contributed by atoms with Crippen LogP contribution in [0.25, 0.3) is 0 Å². The molecule has 0 atom stereocenters. The second-order valence-electron chi connectivity index (χ2n) is 10.3. The van der Waals surface area contributed by atoms with Crippen molar-refractivity contribution in [1.82, 2.24) is 23.9 Å². The summed E-state index contributed by atoms with van der Waals surface area (Å²) in [5, 5.41) is 12.5. The highest BCUT2D eigenvalue weighted by Crippen LogP contribution is 2.21. The lowest BCUT2D eigenvalue weighted by Gasteiger charge is -2.26. The molecule has 1 aliphatic rings. The Balaban J connectivity index is 1.17. The second kappa shape index (κ2) is 13.3. The van der Waals surface area contributed by atoms with Crippen molar-refractivity contribution < 1.29 is 28.3 Å². The molecule has 44 heavy (non-hydrogen) atoms. The van der Waals surface area contributed by atoms with Crippen LogP contribution in [0.3, 0.4) is 0 Å². The topological polar surface area (TPSA) is 144 Å². The zero-order valence-corrected chi connectivity index (χ0v) is 25.3. The Labute approximate surface area is 256 Å². The Morgan fingerprint density at radius 3 is 1.73 bits per heavy atom. The van der Waals surface area contributed by atoms with Crippen LogP contribution in [0.2, 0.25) is 0 Å². The number of thiophene rings is 1. The molecule has 0 spiro atoms. The van der Waals surface area contributed by atoms with Crippen LogP contribution >= 0.6 is 11.3 Å². The van der Waals surface area contributed by atoms with Crippen molar-refractivity contribution >= 4 is 52.0 Å². The van der Waals surface area contributed by atoms with Crippen molar-refractivity contribution in [2.24, 2.45) is 21.1 Å². The standard InChI is InChI=1S/C29H33FN8O5S/c1-35-15-18(12-22(35)26(39)31-5-6-38-7-9-43-10-8-38)32-27(40)23-13-19(16-36(23)2)33-28(41)24-14-20(17-37(24)3)34-29(42)25-21(30)4-11-44-25/h4,11-17H,5-10H2,1-3H3,(H,31,39)(H,32,40)(H,33,41)(H,34,42). The van der Waals surface area contributed by atoms with Gasteiger partial charge in [0, 0.05) is 65.9 Å². The first-order valence-electron chi connectivity index (χ1n) is 13.8. The molecule has 0 radical (unpaired) electrons. The summed E-state index contributed by atoms with van der Waals surface area (Å²) in [5.41, 5.74) is 2.07. The smallest absolute Gasteiger partial charge is 0.272 e. The maximum atomic E-state index is 13.7. The normalized spacial score (nSPS) is 13.5. The van der Waals surface area contributed by atoms with E-state index in [1.165, 1.54) is 28.1 Å². The third-order valence-electron chi connectivity index (χ3n) is 7.13. The van der Waals surface area contributed by atoms with Gasteiger partial charge in [-0.3, -0.25) is 24.1 Å². The molecule has 0 bridgehead atoms. The number of amides is 4. The van der Waals surface area contributed by atoms with Gasteiger partial charge in [0.2, 0.25) is 0 Å². The minimum atomic E-state index is -0.612. The number of hydrogen-bond donors (Lipinski definition) is 4. The number of aromatic nitrogens is 3. The third kappa shape index (κ3) is 7.07. The van der Waals surface area contributed by atoms with Crippen LogP contribution in [0.1, 0.15) is 41.1 Å². The predicted molar refractivity (Wildman–Crippen MR) is 164 cm³/mol. The average Bonchev–Trinajstić information content (AvgIpc) is 3.76. The molecule has 1 fully saturated rings. The maximum Gasteiger partial charge on any atom is 0.272 e. The van der Waals surface area contributed by atoms with Crippen molar-refractivity contribution in [1.29, 1.82) is 0 Å². The number of nitrogens with zero attached hydrogens (tertiary/aromatic N) is 4. The van der Waals surface area contributed by atoms with Gasteiger partial charge in [0.05, 0.1) is 30.3 Å². The number of rotatable bonds is 10. The molecule has 4 aromatic rings. The average molecular weight is 625 g/mol. The van der Waals surface area contributed by atoms with Crippen molar-refractivity contribution in [2.45, 2.75) is 0 Å². The van der Waals surface area contributed by atoms with Gasteiger partial charge in [0.1, 0.15) is 27.8 Å². The fourth-order valence-corrected chi connectivity index (χ4v) is 5.51. The fraction of sp³-hybridized carbons (Fsp3) is 0.310. The quantitative estimate of drug-likeness (QED) is 0.214. The molecule has 4 aromatic heterocycles. The van der Waals surface area contributed by atoms with Gasteiger partial charge in [0.25, 0.3) is 23.6 Å². The lowest BCUT2D eigenvalue weighted by atomic mass is 10.3. The van der Waals surface area contributed by atoms with Crippen molar-refractivity contribution in [3.63, 3.8) is 0 Å². The highest BCUT2D eigenvalue weighted by atomic mass is 32.1. The van der Waals surface area contributed by atoms with Gasteiger partial charge in [-0.05, 0) is 29.6 Å². The first-order valence-corrected chi connectivity index (χ1v) is 14.7. The van der Waals surface area contributed by atoms with Gasteiger partial charge >= 0.3 is 0 Å². The highest BCUT2D eigenvalue weighted by Gasteiger charge is 2.20. The number of ether oxygens (including phenoxy) is 1. The molecule has 15 heteroatoms. The number of halogens is 1. The number of hydrogen-bond acceptors (Lipinski definition) is 7. The molecule has 0 aliphatic carbocycles. The van der Waals surface area contributed by atoms with Crippen LogP contribution < -0.4 is 21.3 Å². The van der Waals surface area contributed by atoms with Gasteiger partial charge in [-0.1, -0.05) is 0 Å². The van der Waals surface area contributed by atoms with E-state index in [0.29, 0.717) is 42.5 Å². The number of anilines is 3.